The number of para-hydroxylation sites is 1. The summed E-state index contributed by atoms with van der Waals surface area (Å²) in [4.78, 5) is 25.8. The fraction of sp³-hybridized carbons (Fsp3) is 0.467. The molecule has 0 spiro atoms. The lowest BCUT2D eigenvalue weighted by Gasteiger charge is -2.32. The Morgan fingerprint density at radius 1 is 1.24 bits per heavy atom. The zero-order valence-corrected chi connectivity index (χ0v) is 11.9. The van der Waals surface area contributed by atoms with E-state index in [2.05, 4.69) is 10.6 Å². The summed E-state index contributed by atoms with van der Waals surface area (Å²) in [6, 6.07) is 9.21. The van der Waals surface area contributed by atoms with Crippen LogP contribution in [-0.4, -0.2) is 49.2 Å². The summed E-state index contributed by atoms with van der Waals surface area (Å²) in [5.41, 5.74) is 0.768. The van der Waals surface area contributed by atoms with E-state index in [0.717, 1.165) is 5.69 Å². The maximum Gasteiger partial charge on any atom is 0.322 e. The average molecular weight is 289 g/mol. The van der Waals surface area contributed by atoms with Crippen LogP contribution in [0.25, 0.3) is 0 Å². The minimum absolute atomic E-state index is 0.00665. The number of hydrogen-bond acceptors (Lipinski definition) is 3. The van der Waals surface area contributed by atoms with Crippen molar-refractivity contribution in [3.05, 3.63) is 30.3 Å². The second kappa shape index (κ2) is 5.73. The molecule has 2 bridgehead atoms. The van der Waals surface area contributed by atoms with Crippen LogP contribution in [0.2, 0.25) is 0 Å². The van der Waals surface area contributed by atoms with Crippen molar-refractivity contribution in [2.45, 2.75) is 18.6 Å². The van der Waals surface area contributed by atoms with Gasteiger partial charge in [-0.2, -0.15) is 0 Å². The predicted octanol–water partition coefficient (Wildman–Crippen LogP) is 1.05. The monoisotopic (exact) mass is 289 g/mol. The minimum atomic E-state index is -0.203. The number of nitrogens with one attached hydrogen (secondary N) is 2. The molecule has 6 nitrogen and oxygen atoms in total. The lowest BCUT2D eigenvalue weighted by molar-refractivity contribution is -0.127. The molecule has 3 rings (SSSR count). The number of urea groups is 1. The Balaban J connectivity index is 1.64. The topological polar surface area (TPSA) is 70.7 Å². The molecule has 0 saturated carbocycles. The van der Waals surface area contributed by atoms with Crippen LogP contribution < -0.4 is 10.6 Å². The Bertz CT molecular complexity index is 534. The SMILES string of the molecule is CNC(=O)[C@H]1C[C@H]2CN(C(=O)Nc3ccccc3)C[C@@H]1O2. The van der Waals surface area contributed by atoms with Crippen LogP contribution in [0.15, 0.2) is 30.3 Å². The fourth-order valence-electron chi connectivity index (χ4n) is 3.01. The first kappa shape index (κ1) is 13.9. The van der Waals surface area contributed by atoms with Crippen molar-refractivity contribution >= 4 is 17.6 Å². The van der Waals surface area contributed by atoms with E-state index in [9.17, 15) is 9.59 Å². The van der Waals surface area contributed by atoms with Crippen molar-refractivity contribution in [1.29, 1.82) is 0 Å². The summed E-state index contributed by atoms with van der Waals surface area (Å²) in [7, 11) is 1.63. The minimum Gasteiger partial charge on any atom is -0.370 e. The molecule has 2 aliphatic rings. The van der Waals surface area contributed by atoms with E-state index < -0.39 is 0 Å². The van der Waals surface area contributed by atoms with Crippen molar-refractivity contribution in [1.82, 2.24) is 10.2 Å². The zero-order chi connectivity index (χ0) is 14.8. The van der Waals surface area contributed by atoms with Crippen LogP contribution in [0.3, 0.4) is 0 Å². The molecule has 0 radical (unpaired) electrons. The normalized spacial score (nSPS) is 27.3. The molecule has 21 heavy (non-hydrogen) atoms. The molecule has 1 aromatic carbocycles. The summed E-state index contributed by atoms with van der Waals surface area (Å²) < 4.78 is 5.78. The summed E-state index contributed by atoms with van der Waals surface area (Å²) in [6.07, 6.45) is 0.428. The molecule has 3 amide bonds. The number of ether oxygens (including phenoxy) is 1. The third kappa shape index (κ3) is 2.85. The molecule has 2 aliphatic heterocycles. The highest BCUT2D eigenvalue weighted by Crippen LogP contribution is 2.32. The number of likely N-dealkylation sites (tertiary alicyclic amines) is 1. The van der Waals surface area contributed by atoms with E-state index in [1.807, 2.05) is 30.3 Å². The van der Waals surface area contributed by atoms with Crippen molar-refractivity contribution in [3.8, 4) is 0 Å². The maximum atomic E-state index is 12.3. The standard InChI is InChI=1S/C15H19N3O3/c1-16-14(19)12-7-11-8-18(9-13(12)21-11)15(20)17-10-5-3-2-4-6-10/h2-6,11-13H,7-9H2,1H3,(H,16,19)(H,17,20)/t11-,12-,13-/m0/s1. The van der Waals surface area contributed by atoms with E-state index >= 15 is 0 Å². The van der Waals surface area contributed by atoms with Crippen LogP contribution in [0.4, 0.5) is 10.5 Å². The number of hydrogen-bond donors (Lipinski definition) is 2. The van der Waals surface area contributed by atoms with Gasteiger partial charge in [-0.1, -0.05) is 18.2 Å². The fourth-order valence-corrected chi connectivity index (χ4v) is 3.01. The Morgan fingerprint density at radius 2 is 2.00 bits per heavy atom. The van der Waals surface area contributed by atoms with Gasteiger partial charge in [0, 0.05) is 25.8 Å². The number of morpholine rings is 1. The second-order valence-corrected chi connectivity index (χ2v) is 5.45. The third-order valence-corrected chi connectivity index (χ3v) is 4.05. The number of amides is 3. The van der Waals surface area contributed by atoms with E-state index in [1.54, 1.807) is 11.9 Å². The number of rotatable bonds is 2. The highest BCUT2D eigenvalue weighted by atomic mass is 16.5. The predicted molar refractivity (Wildman–Crippen MR) is 77.9 cm³/mol. The number of nitrogens with zero attached hydrogens (tertiary/aromatic N) is 1. The molecule has 6 heteroatoms. The van der Waals surface area contributed by atoms with Gasteiger partial charge in [0.1, 0.15) is 0 Å². The average Bonchev–Trinajstić information content (AvgIpc) is 2.81. The first-order chi connectivity index (χ1) is 10.2. The van der Waals surface area contributed by atoms with Gasteiger partial charge in [-0.15, -0.1) is 0 Å². The molecule has 2 heterocycles. The van der Waals surface area contributed by atoms with E-state index in [4.69, 9.17) is 4.74 Å². The Hall–Kier alpha value is -2.08. The second-order valence-electron chi connectivity index (χ2n) is 5.45. The molecular formula is C15H19N3O3. The highest BCUT2D eigenvalue weighted by molar-refractivity contribution is 5.89. The Morgan fingerprint density at radius 3 is 2.71 bits per heavy atom. The van der Waals surface area contributed by atoms with E-state index in [1.165, 1.54) is 0 Å². The third-order valence-electron chi connectivity index (χ3n) is 4.05. The first-order valence-corrected chi connectivity index (χ1v) is 7.15. The molecule has 112 valence electrons. The van der Waals surface area contributed by atoms with Crippen LogP contribution in [0.1, 0.15) is 6.42 Å². The van der Waals surface area contributed by atoms with Gasteiger partial charge < -0.3 is 20.3 Å². The summed E-state index contributed by atoms with van der Waals surface area (Å²) >= 11 is 0. The van der Waals surface area contributed by atoms with Gasteiger partial charge in [-0.3, -0.25) is 4.79 Å². The lowest BCUT2D eigenvalue weighted by Crippen LogP contribution is -2.49. The number of carbonyl (C=O) groups is 2. The number of carbonyl (C=O) groups excluding carboxylic acids is 2. The van der Waals surface area contributed by atoms with E-state index in [0.29, 0.717) is 19.5 Å². The van der Waals surface area contributed by atoms with Gasteiger partial charge in [-0.25, -0.2) is 4.79 Å². The van der Waals surface area contributed by atoms with Gasteiger partial charge in [0.15, 0.2) is 0 Å². The highest BCUT2D eigenvalue weighted by Gasteiger charge is 2.45. The molecule has 0 aromatic heterocycles. The molecule has 2 fully saturated rings. The van der Waals surface area contributed by atoms with Gasteiger partial charge in [0.05, 0.1) is 18.1 Å². The van der Waals surface area contributed by atoms with Crippen LogP contribution in [-0.2, 0) is 9.53 Å². The van der Waals surface area contributed by atoms with Gasteiger partial charge in [0.2, 0.25) is 5.91 Å². The van der Waals surface area contributed by atoms with Crippen molar-refractivity contribution in [3.63, 3.8) is 0 Å². The summed E-state index contributed by atoms with van der Waals surface area (Å²) in [6.45, 7) is 0.982. The molecule has 0 unspecified atom stereocenters. The van der Waals surface area contributed by atoms with Gasteiger partial charge >= 0.3 is 6.03 Å². The van der Waals surface area contributed by atoms with Crippen LogP contribution in [0, 0.1) is 5.92 Å². The lowest BCUT2D eigenvalue weighted by atomic mass is 10.00. The molecule has 0 aliphatic carbocycles. The summed E-state index contributed by atoms with van der Waals surface area (Å²) in [5.74, 6) is -0.164. The molecule has 3 atom stereocenters. The van der Waals surface area contributed by atoms with Crippen molar-refractivity contribution in [2.75, 3.05) is 25.5 Å². The maximum absolute atomic E-state index is 12.3. The van der Waals surface area contributed by atoms with Gasteiger partial charge in [0.25, 0.3) is 0 Å². The quantitative estimate of drug-likeness (QED) is 0.855. The number of anilines is 1. The molecular weight excluding hydrogens is 270 g/mol. The summed E-state index contributed by atoms with van der Waals surface area (Å²) in [5, 5.41) is 5.53. The molecule has 2 saturated heterocycles. The van der Waals surface area contributed by atoms with E-state index in [-0.39, 0.29) is 30.1 Å². The van der Waals surface area contributed by atoms with Crippen LogP contribution >= 0.6 is 0 Å². The van der Waals surface area contributed by atoms with Crippen molar-refractivity contribution < 1.29 is 14.3 Å². The Kier molecular flexibility index (Phi) is 3.79. The van der Waals surface area contributed by atoms with Crippen molar-refractivity contribution in [2.24, 2.45) is 5.92 Å². The number of benzene rings is 1. The van der Waals surface area contributed by atoms with Gasteiger partial charge in [-0.05, 0) is 18.6 Å². The largest absolute Gasteiger partial charge is 0.370 e. The smallest absolute Gasteiger partial charge is 0.322 e. The Labute approximate surface area is 123 Å². The number of fused-ring (bicyclic) bond motifs is 2. The zero-order valence-electron chi connectivity index (χ0n) is 11.9. The van der Waals surface area contributed by atoms with Crippen LogP contribution in [0.5, 0.6) is 0 Å². The molecule has 2 N–H and O–H groups in total. The molecule has 1 aromatic rings. The first-order valence-electron chi connectivity index (χ1n) is 7.15.